The van der Waals surface area contributed by atoms with Gasteiger partial charge in [-0.15, -0.1) is 0 Å². The Hall–Kier alpha value is -1.88. The summed E-state index contributed by atoms with van der Waals surface area (Å²) in [5, 5.41) is 1.02. The number of hydrogen-bond acceptors (Lipinski definition) is 5. The Morgan fingerprint density at radius 1 is 1.21 bits per heavy atom. The van der Waals surface area contributed by atoms with Gasteiger partial charge in [0.05, 0.1) is 12.1 Å². The number of nitrogens with zero attached hydrogens (tertiary/aromatic N) is 3. The molecule has 5 nitrogen and oxygen atoms in total. The van der Waals surface area contributed by atoms with E-state index in [1.54, 1.807) is 0 Å². The van der Waals surface area contributed by atoms with E-state index in [1.807, 2.05) is 31.2 Å². The standard InChI is InChI=1S/C14H20N4O/c1-3-18(9-10-19-4-2)13-11-7-5-6-8-12(11)16-14(15)17-13/h5-8H,3-4,9-10H2,1-2H3,(H2,15,16,17). The molecule has 0 atom stereocenters. The molecular formula is C14H20N4O. The molecule has 0 aliphatic carbocycles. The van der Waals surface area contributed by atoms with Crippen LogP contribution in [0.2, 0.25) is 0 Å². The van der Waals surface area contributed by atoms with Gasteiger partial charge >= 0.3 is 0 Å². The minimum Gasteiger partial charge on any atom is -0.380 e. The second-order valence-corrected chi connectivity index (χ2v) is 4.20. The SMILES string of the molecule is CCOCCN(CC)c1nc(N)nc2ccccc12. The molecule has 0 saturated heterocycles. The second kappa shape index (κ2) is 6.33. The van der Waals surface area contributed by atoms with Crippen molar-refractivity contribution >= 4 is 22.7 Å². The smallest absolute Gasteiger partial charge is 0.222 e. The molecule has 0 unspecified atom stereocenters. The van der Waals surface area contributed by atoms with Crippen LogP contribution in [0.15, 0.2) is 24.3 Å². The van der Waals surface area contributed by atoms with E-state index in [1.165, 1.54) is 0 Å². The van der Waals surface area contributed by atoms with E-state index in [4.69, 9.17) is 10.5 Å². The van der Waals surface area contributed by atoms with E-state index in [9.17, 15) is 0 Å². The number of nitrogen functional groups attached to an aromatic ring is 1. The molecule has 1 aromatic heterocycles. The Balaban J connectivity index is 2.35. The van der Waals surface area contributed by atoms with Crippen molar-refractivity contribution in [1.82, 2.24) is 9.97 Å². The molecule has 0 aliphatic heterocycles. The molecule has 0 saturated carbocycles. The van der Waals surface area contributed by atoms with E-state index in [2.05, 4.69) is 21.8 Å². The summed E-state index contributed by atoms with van der Waals surface area (Å²) < 4.78 is 5.41. The summed E-state index contributed by atoms with van der Waals surface area (Å²) in [6.45, 7) is 7.15. The van der Waals surface area contributed by atoms with Crippen molar-refractivity contribution in [2.75, 3.05) is 36.9 Å². The summed E-state index contributed by atoms with van der Waals surface area (Å²) in [4.78, 5) is 10.8. The Bertz CT molecular complexity index is 544. The summed E-state index contributed by atoms with van der Waals surface area (Å²) in [6, 6.07) is 7.91. The molecule has 0 aliphatic rings. The number of likely N-dealkylation sites (N-methyl/N-ethyl adjacent to an activating group) is 1. The highest BCUT2D eigenvalue weighted by molar-refractivity contribution is 5.90. The fourth-order valence-electron chi connectivity index (χ4n) is 2.05. The van der Waals surface area contributed by atoms with E-state index in [0.717, 1.165) is 36.4 Å². The number of anilines is 2. The molecule has 1 heterocycles. The first kappa shape index (κ1) is 13.5. The molecule has 0 bridgehead atoms. The van der Waals surface area contributed by atoms with Crippen LogP contribution < -0.4 is 10.6 Å². The van der Waals surface area contributed by atoms with Gasteiger partial charge in [0.25, 0.3) is 0 Å². The molecule has 5 heteroatoms. The minimum atomic E-state index is 0.309. The van der Waals surface area contributed by atoms with E-state index in [-0.39, 0.29) is 0 Å². The van der Waals surface area contributed by atoms with Gasteiger partial charge in [-0.2, -0.15) is 4.98 Å². The van der Waals surface area contributed by atoms with Gasteiger partial charge in [-0.1, -0.05) is 12.1 Å². The number of ether oxygens (including phenoxy) is 1. The molecule has 102 valence electrons. The zero-order valence-corrected chi connectivity index (χ0v) is 11.5. The summed E-state index contributed by atoms with van der Waals surface area (Å²) in [5.41, 5.74) is 6.67. The highest BCUT2D eigenvalue weighted by atomic mass is 16.5. The normalized spacial score (nSPS) is 10.8. The van der Waals surface area contributed by atoms with Gasteiger partial charge in [-0.3, -0.25) is 0 Å². The Morgan fingerprint density at radius 3 is 2.74 bits per heavy atom. The number of nitrogens with two attached hydrogens (primary N) is 1. The lowest BCUT2D eigenvalue weighted by Gasteiger charge is -2.23. The Kier molecular flexibility index (Phi) is 4.52. The van der Waals surface area contributed by atoms with E-state index >= 15 is 0 Å². The number of fused-ring (bicyclic) bond motifs is 1. The zero-order valence-electron chi connectivity index (χ0n) is 11.5. The fourth-order valence-corrected chi connectivity index (χ4v) is 2.05. The molecule has 0 amide bonds. The monoisotopic (exact) mass is 260 g/mol. The van der Waals surface area contributed by atoms with Crippen molar-refractivity contribution in [2.24, 2.45) is 0 Å². The van der Waals surface area contributed by atoms with Gasteiger partial charge in [0.1, 0.15) is 5.82 Å². The zero-order chi connectivity index (χ0) is 13.7. The average Bonchev–Trinajstić information content (AvgIpc) is 2.43. The first-order chi connectivity index (χ1) is 9.26. The van der Waals surface area contributed by atoms with Crippen LogP contribution in [0.4, 0.5) is 11.8 Å². The second-order valence-electron chi connectivity index (χ2n) is 4.20. The fraction of sp³-hybridized carbons (Fsp3) is 0.429. The summed E-state index contributed by atoms with van der Waals surface area (Å²) in [6.07, 6.45) is 0. The minimum absolute atomic E-state index is 0.309. The number of rotatable bonds is 6. The maximum Gasteiger partial charge on any atom is 0.222 e. The largest absolute Gasteiger partial charge is 0.380 e. The first-order valence-electron chi connectivity index (χ1n) is 6.61. The van der Waals surface area contributed by atoms with Crippen molar-refractivity contribution < 1.29 is 4.74 Å². The van der Waals surface area contributed by atoms with Crippen LogP contribution in [0.25, 0.3) is 10.9 Å². The lowest BCUT2D eigenvalue weighted by Crippen LogP contribution is -2.28. The van der Waals surface area contributed by atoms with Crippen LogP contribution in [0.5, 0.6) is 0 Å². The average molecular weight is 260 g/mol. The Labute approximate surface area is 113 Å². The van der Waals surface area contributed by atoms with Crippen LogP contribution >= 0.6 is 0 Å². The quantitative estimate of drug-likeness (QED) is 0.806. The molecule has 2 rings (SSSR count). The molecule has 2 N–H and O–H groups in total. The highest BCUT2D eigenvalue weighted by Crippen LogP contribution is 2.24. The number of para-hydroxylation sites is 1. The maximum atomic E-state index is 5.79. The number of hydrogen-bond donors (Lipinski definition) is 1. The summed E-state index contributed by atoms with van der Waals surface area (Å²) in [7, 11) is 0. The highest BCUT2D eigenvalue weighted by Gasteiger charge is 2.12. The van der Waals surface area contributed by atoms with Crippen molar-refractivity contribution in [2.45, 2.75) is 13.8 Å². The molecule has 19 heavy (non-hydrogen) atoms. The van der Waals surface area contributed by atoms with Crippen LogP contribution in [-0.2, 0) is 4.74 Å². The van der Waals surface area contributed by atoms with Crippen molar-refractivity contribution in [3.05, 3.63) is 24.3 Å². The predicted molar refractivity (Wildman–Crippen MR) is 78.3 cm³/mol. The summed E-state index contributed by atoms with van der Waals surface area (Å²) in [5.74, 6) is 1.19. The first-order valence-corrected chi connectivity index (χ1v) is 6.61. The molecule has 0 spiro atoms. The van der Waals surface area contributed by atoms with Gasteiger partial charge in [-0.05, 0) is 26.0 Å². The third-order valence-corrected chi connectivity index (χ3v) is 2.99. The van der Waals surface area contributed by atoms with Gasteiger partial charge in [0.2, 0.25) is 5.95 Å². The van der Waals surface area contributed by atoms with Gasteiger partial charge in [0.15, 0.2) is 0 Å². The summed E-state index contributed by atoms with van der Waals surface area (Å²) >= 11 is 0. The third kappa shape index (κ3) is 3.12. The predicted octanol–water partition coefficient (Wildman–Crippen LogP) is 2.07. The van der Waals surface area contributed by atoms with Crippen LogP contribution in [0.3, 0.4) is 0 Å². The van der Waals surface area contributed by atoms with Crippen molar-refractivity contribution in [1.29, 1.82) is 0 Å². The molecule has 1 aromatic carbocycles. The maximum absolute atomic E-state index is 5.79. The van der Waals surface area contributed by atoms with Crippen LogP contribution in [0, 0.1) is 0 Å². The number of aromatic nitrogens is 2. The van der Waals surface area contributed by atoms with E-state index in [0.29, 0.717) is 12.6 Å². The third-order valence-electron chi connectivity index (χ3n) is 2.99. The number of benzene rings is 1. The van der Waals surface area contributed by atoms with Crippen molar-refractivity contribution in [3.63, 3.8) is 0 Å². The van der Waals surface area contributed by atoms with Gasteiger partial charge in [-0.25, -0.2) is 4.98 Å². The lowest BCUT2D eigenvalue weighted by molar-refractivity contribution is 0.154. The Morgan fingerprint density at radius 2 is 2.00 bits per heavy atom. The van der Waals surface area contributed by atoms with Gasteiger partial charge in [0, 0.05) is 25.1 Å². The molecule has 2 aromatic rings. The van der Waals surface area contributed by atoms with Gasteiger partial charge < -0.3 is 15.4 Å². The molecular weight excluding hydrogens is 240 g/mol. The molecule has 0 fully saturated rings. The van der Waals surface area contributed by atoms with Crippen LogP contribution in [0.1, 0.15) is 13.8 Å². The molecule has 0 radical (unpaired) electrons. The topological polar surface area (TPSA) is 64.3 Å². The lowest BCUT2D eigenvalue weighted by atomic mass is 10.2. The van der Waals surface area contributed by atoms with E-state index < -0.39 is 0 Å². The van der Waals surface area contributed by atoms with Crippen LogP contribution in [-0.4, -0.2) is 36.3 Å². The van der Waals surface area contributed by atoms with Crippen molar-refractivity contribution in [3.8, 4) is 0 Å².